The molecule has 3 rings (SSSR count). The van der Waals surface area contributed by atoms with Crippen LogP contribution in [0.4, 0.5) is 13.2 Å². The topological polar surface area (TPSA) is 54.5 Å². The number of rotatable bonds is 5. The van der Waals surface area contributed by atoms with Gasteiger partial charge in [0.1, 0.15) is 5.82 Å². The number of nitriles is 1. The van der Waals surface area contributed by atoms with Crippen molar-refractivity contribution in [2.45, 2.75) is 49.0 Å². The Morgan fingerprint density at radius 2 is 2.00 bits per heavy atom. The van der Waals surface area contributed by atoms with Gasteiger partial charge in [0.2, 0.25) is 0 Å². The highest BCUT2D eigenvalue weighted by Crippen LogP contribution is 2.46. The summed E-state index contributed by atoms with van der Waals surface area (Å²) in [6, 6.07) is 1.66. The summed E-state index contributed by atoms with van der Waals surface area (Å²) in [6.45, 7) is 0. The molecular weight excluding hydrogens is 289 g/mol. The van der Waals surface area contributed by atoms with E-state index in [9.17, 15) is 13.2 Å². The molecule has 108 valence electrons. The van der Waals surface area contributed by atoms with Crippen molar-refractivity contribution in [1.82, 2.24) is 14.8 Å². The number of nitrogens with zero attached hydrogens (tertiary/aromatic N) is 4. The van der Waals surface area contributed by atoms with E-state index in [1.165, 1.54) is 6.07 Å². The first-order valence-electron chi connectivity index (χ1n) is 6.54. The van der Waals surface area contributed by atoms with Crippen molar-refractivity contribution in [3.05, 3.63) is 5.82 Å². The molecule has 2 fully saturated rings. The zero-order valence-corrected chi connectivity index (χ0v) is 11.4. The lowest BCUT2D eigenvalue weighted by Crippen LogP contribution is -2.23. The first kappa shape index (κ1) is 13.7. The number of thioether (sulfide) groups is 1. The van der Waals surface area contributed by atoms with Gasteiger partial charge < -0.3 is 4.57 Å². The smallest absolute Gasteiger partial charge is 0.303 e. The van der Waals surface area contributed by atoms with Gasteiger partial charge in [-0.3, -0.25) is 0 Å². The minimum Gasteiger partial charge on any atom is -0.303 e. The predicted octanol–water partition coefficient (Wildman–Crippen LogP) is 3.28. The van der Waals surface area contributed by atoms with E-state index in [1.54, 1.807) is 0 Å². The molecule has 1 atom stereocenters. The van der Waals surface area contributed by atoms with Crippen molar-refractivity contribution >= 4 is 11.8 Å². The quantitative estimate of drug-likeness (QED) is 0.783. The largest absolute Gasteiger partial charge is 0.405 e. The molecule has 2 aliphatic rings. The van der Waals surface area contributed by atoms with Gasteiger partial charge in [-0.1, -0.05) is 11.8 Å². The molecule has 1 aromatic rings. The predicted molar refractivity (Wildman–Crippen MR) is 66.2 cm³/mol. The number of halogens is 3. The fraction of sp³-hybridized carbons (Fsp3) is 0.750. The Kier molecular flexibility index (Phi) is 3.40. The second-order valence-electron chi connectivity index (χ2n) is 5.25. The van der Waals surface area contributed by atoms with Crippen molar-refractivity contribution in [1.29, 1.82) is 5.26 Å². The molecule has 0 aromatic carbocycles. The van der Waals surface area contributed by atoms with E-state index in [0.29, 0.717) is 17.1 Å². The van der Waals surface area contributed by atoms with Crippen LogP contribution in [0.15, 0.2) is 5.16 Å². The highest BCUT2D eigenvalue weighted by Gasteiger charge is 2.41. The molecule has 4 nitrogen and oxygen atoms in total. The third-order valence-electron chi connectivity index (χ3n) is 3.48. The molecule has 0 spiro atoms. The molecular formula is C12H13F3N4S. The molecule has 2 saturated carbocycles. The molecule has 0 aliphatic heterocycles. The Labute approximate surface area is 118 Å². The van der Waals surface area contributed by atoms with Crippen LogP contribution < -0.4 is 0 Å². The van der Waals surface area contributed by atoms with Gasteiger partial charge in [0.25, 0.3) is 0 Å². The molecule has 0 radical (unpaired) electrons. The van der Waals surface area contributed by atoms with Crippen LogP contribution in [0.25, 0.3) is 0 Å². The Balaban J connectivity index is 1.73. The monoisotopic (exact) mass is 302 g/mol. The summed E-state index contributed by atoms with van der Waals surface area (Å²) in [6.07, 6.45) is -0.248. The van der Waals surface area contributed by atoms with Gasteiger partial charge in [-0.05, 0) is 25.7 Å². The van der Waals surface area contributed by atoms with Crippen molar-refractivity contribution in [2.24, 2.45) is 5.92 Å². The lowest BCUT2D eigenvalue weighted by molar-refractivity contribution is -0.152. The van der Waals surface area contributed by atoms with Gasteiger partial charge in [0, 0.05) is 17.7 Å². The number of hydrogen-bond acceptors (Lipinski definition) is 4. The molecule has 1 aromatic heterocycles. The van der Waals surface area contributed by atoms with Crippen LogP contribution in [-0.4, -0.2) is 26.7 Å². The summed E-state index contributed by atoms with van der Waals surface area (Å²) in [5, 5.41) is 17.3. The average Bonchev–Trinajstić information content (AvgIpc) is 3.28. The standard InChI is InChI=1S/C12H13F3N4S/c13-12(14,15)8(5-16)6-20-11-18-17-10(7-1-2-7)19(11)9-3-4-9/h7-9H,1-4,6H2. The van der Waals surface area contributed by atoms with Gasteiger partial charge in [-0.2, -0.15) is 18.4 Å². The fourth-order valence-corrected chi connectivity index (χ4v) is 3.10. The maximum atomic E-state index is 12.6. The number of alkyl halides is 3. The molecule has 0 bridgehead atoms. The fourth-order valence-electron chi connectivity index (χ4n) is 2.05. The maximum Gasteiger partial charge on any atom is 0.405 e. The lowest BCUT2D eigenvalue weighted by Gasteiger charge is -2.13. The zero-order chi connectivity index (χ0) is 14.3. The van der Waals surface area contributed by atoms with E-state index in [1.807, 2.05) is 4.57 Å². The van der Waals surface area contributed by atoms with Gasteiger partial charge in [-0.25, -0.2) is 0 Å². The normalized spacial score (nSPS) is 20.7. The van der Waals surface area contributed by atoms with Crippen molar-refractivity contribution in [2.75, 3.05) is 5.75 Å². The van der Waals surface area contributed by atoms with Crippen LogP contribution in [0, 0.1) is 17.2 Å². The van der Waals surface area contributed by atoms with E-state index < -0.39 is 12.1 Å². The highest BCUT2D eigenvalue weighted by atomic mass is 32.2. The Morgan fingerprint density at radius 1 is 1.30 bits per heavy atom. The summed E-state index contributed by atoms with van der Waals surface area (Å²) in [5.41, 5.74) is 0. The van der Waals surface area contributed by atoms with Crippen LogP contribution in [0.3, 0.4) is 0 Å². The minimum absolute atomic E-state index is 0.324. The molecule has 1 unspecified atom stereocenters. The van der Waals surface area contributed by atoms with Crippen LogP contribution in [0.1, 0.15) is 43.5 Å². The lowest BCUT2D eigenvalue weighted by atomic mass is 10.2. The number of hydrogen-bond donors (Lipinski definition) is 0. The molecule has 20 heavy (non-hydrogen) atoms. The molecule has 0 amide bonds. The third kappa shape index (κ3) is 2.77. The van der Waals surface area contributed by atoms with Gasteiger partial charge in [0.15, 0.2) is 11.1 Å². The van der Waals surface area contributed by atoms with E-state index in [-0.39, 0.29) is 5.75 Å². The second-order valence-corrected chi connectivity index (χ2v) is 6.24. The summed E-state index contributed by atoms with van der Waals surface area (Å²) >= 11 is 0.988. The summed E-state index contributed by atoms with van der Waals surface area (Å²) in [5.74, 6) is -0.946. The Bertz CT molecular complexity index is 540. The number of aromatic nitrogens is 3. The second kappa shape index (κ2) is 4.95. The Morgan fingerprint density at radius 3 is 2.50 bits per heavy atom. The first-order valence-corrected chi connectivity index (χ1v) is 7.53. The van der Waals surface area contributed by atoms with Crippen LogP contribution in [0.2, 0.25) is 0 Å². The van der Waals surface area contributed by atoms with Crippen molar-refractivity contribution < 1.29 is 13.2 Å². The molecule has 2 aliphatic carbocycles. The maximum absolute atomic E-state index is 12.6. The molecule has 0 N–H and O–H groups in total. The zero-order valence-electron chi connectivity index (χ0n) is 10.6. The van der Waals surface area contributed by atoms with E-state index in [2.05, 4.69) is 10.2 Å². The SMILES string of the molecule is N#CC(CSc1nnc(C2CC2)n1C1CC1)C(F)(F)F. The van der Waals surface area contributed by atoms with Crippen molar-refractivity contribution in [3.8, 4) is 6.07 Å². The van der Waals surface area contributed by atoms with Crippen LogP contribution in [-0.2, 0) is 0 Å². The van der Waals surface area contributed by atoms with Crippen molar-refractivity contribution in [3.63, 3.8) is 0 Å². The van der Waals surface area contributed by atoms with Gasteiger partial charge in [-0.15, -0.1) is 10.2 Å². The average molecular weight is 302 g/mol. The third-order valence-corrected chi connectivity index (χ3v) is 4.51. The minimum atomic E-state index is -4.48. The van der Waals surface area contributed by atoms with Crippen LogP contribution >= 0.6 is 11.8 Å². The summed E-state index contributed by atoms with van der Waals surface area (Å²) in [7, 11) is 0. The molecule has 1 heterocycles. The van der Waals surface area contributed by atoms with Gasteiger partial charge in [0.05, 0.1) is 6.07 Å². The van der Waals surface area contributed by atoms with E-state index in [4.69, 9.17) is 5.26 Å². The summed E-state index contributed by atoms with van der Waals surface area (Å²) < 4.78 is 39.7. The first-order chi connectivity index (χ1) is 9.50. The van der Waals surface area contributed by atoms with Gasteiger partial charge >= 0.3 is 6.18 Å². The Hall–Kier alpha value is -1.23. The van der Waals surface area contributed by atoms with E-state index in [0.717, 1.165) is 43.3 Å². The van der Waals surface area contributed by atoms with Crippen LogP contribution in [0.5, 0.6) is 0 Å². The van der Waals surface area contributed by atoms with E-state index >= 15 is 0 Å². The molecule has 0 saturated heterocycles. The molecule has 8 heteroatoms. The summed E-state index contributed by atoms with van der Waals surface area (Å²) in [4.78, 5) is 0. The highest BCUT2D eigenvalue weighted by molar-refractivity contribution is 7.99.